The van der Waals surface area contributed by atoms with Crippen LogP contribution in [0.3, 0.4) is 0 Å². The van der Waals surface area contributed by atoms with Crippen molar-refractivity contribution in [3.05, 3.63) is 28.6 Å². The molecule has 1 saturated heterocycles. The van der Waals surface area contributed by atoms with E-state index in [0.717, 1.165) is 12.7 Å². The summed E-state index contributed by atoms with van der Waals surface area (Å²) < 4.78 is 39.9. The van der Waals surface area contributed by atoms with Crippen LogP contribution in [0.25, 0.3) is 10.4 Å². The molecule has 1 aliphatic rings. The third-order valence-electron chi connectivity index (χ3n) is 3.12. The van der Waals surface area contributed by atoms with E-state index in [1.807, 2.05) is 6.07 Å². The fraction of sp³-hybridized carbons (Fsp3) is 0.308. The first-order chi connectivity index (χ1) is 11.1. The second-order valence-corrected chi connectivity index (χ2v) is 10.1. The average Bonchev–Trinajstić information content (AvgIpc) is 3.11. The van der Waals surface area contributed by atoms with Gasteiger partial charge in [0.2, 0.25) is 0 Å². The van der Waals surface area contributed by atoms with E-state index in [0.29, 0.717) is 5.75 Å². The van der Waals surface area contributed by atoms with Crippen molar-refractivity contribution in [1.29, 1.82) is 0 Å². The molecule has 1 fully saturated rings. The van der Waals surface area contributed by atoms with E-state index in [1.54, 1.807) is 22.7 Å². The van der Waals surface area contributed by atoms with E-state index in [-0.39, 0.29) is 0 Å². The fourth-order valence-corrected chi connectivity index (χ4v) is 6.38. The van der Waals surface area contributed by atoms with Gasteiger partial charge in [-0.1, -0.05) is 22.7 Å². The number of nitrogens with zero attached hydrogens (tertiary/aromatic N) is 1. The molecule has 6 nitrogen and oxygen atoms in total. The molecule has 3 rings (SSSR count). The summed E-state index contributed by atoms with van der Waals surface area (Å²) in [6.45, 7) is 2.35. The largest absolute Gasteiger partial charge is 0.506 e. The van der Waals surface area contributed by atoms with Crippen molar-refractivity contribution in [1.82, 2.24) is 4.58 Å². The summed E-state index contributed by atoms with van der Waals surface area (Å²) in [5, 5.41) is 12.4. The molecule has 24 heavy (non-hydrogen) atoms. The van der Waals surface area contributed by atoms with Gasteiger partial charge >= 0.3 is 3.98 Å². The van der Waals surface area contributed by atoms with E-state index in [4.69, 9.17) is 18.6 Å². The minimum absolute atomic E-state index is 0.406. The number of rotatable bonds is 1. The van der Waals surface area contributed by atoms with Crippen LogP contribution in [0.1, 0.15) is 12.8 Å². The van der Waals surface area contributed by atoms with E-state index in [1.165, 1.54) is 34.8 Å². The highest BCUT2D eigenvalue weighted by molar-refractivity contribution is 14.1. The molecule has 2 heterocycles. The third kappa shape index (κ3) is 6.32. The summed E-state index contributed by atoms with van der Waals surface area (Å²) in [5.41, 5.74) is 0.961. The molecule has 0 amide bonds. The van der Waals surface area contributed by atoms with Crippen molar-refractivity contribution in [3.63, 3.8) is 0 Å². The third-order valence-corrected chi connectivity index (χ3v) is 7.06. The topological polar surface area (TPSA) is 115 Å². The summed E-state index contributed by atoms with van der Waals surface area (Å²) in [5.74, 6) is 0.406. The van der Waals surface area contributed by atoms with Crippen LogP contribution in [0.2, 0.25) is 0 Å². The Morgan fingerprint density at radius 1 is 1.08 bits per heavy atom. The predicted molar refractivity (Wildman–Crippen MR) is 99.0 cm³/mol. The Kier molecular flexibility index (Phi) is 7.70. The van der Waals surface area contributed by atoms with Gasteiger partial charge in [0.15, 0.2) is 0 Å². The number of halogens is 3. The first kappa shape index (κ1) is 20.8. The van der Waals surface area contributed by atoms with E-state index in [9.17, 15) is 5.11 Å². The number of benzene rings is 1. The van der Waals surface area contributed by atoms with Crippen molar-refractivity contribution in [2.24, 2.45) is 0 Å². The lowest BCUT2D eigenvalue weighted by Crippen LogP contribution is -2.68. The van der Waals surface area contributed by atoms with Gasteiger partial charge in [-0.05, 0) is 57.3 Å². The minimum atomic E-state index is -4.94. The van der Waals surface area contributed by atoms with Gasteiger partial charge in [0.1, 0.15) is 18.8 Å². The molecule has 1 aromatic carbocycles. The zero-order valence-electron chi connectivity index (χ0n) is 12.0. The maximum absolute atomic E-state index is 10.2. The molecule has 0 aliphatic carbocycles. The molecule has 1 N–H and O–H groups in total. The number of aromatic hydroxyl groups is 1. The van der Waals surface area contributed by atoms with Gasteiger partial charge in [-0.25, -0.2) is 23.2 Å². The van der Waals surface area contributed by atoms with Crippen LogP contribution in [0, 0.1) is 17.4 Å². The Labute approximate surface area is 175 Å². The summed E-state index contributed by atoms with van der Waals surface area (Å²) in [4.78, 5) is 1.17. The molecule has 0 unspecified atom stereocenters. The van der Waals surface area contributed by atoms with Gasteiger partial charge < -0.3 is 5.11 Å². The first-order valence-corrected chi connectivity index (χ1v) is 11.7. The van der Waals surface area contributed by atoms with Gasteiger partial charge in [0, 0.05) is 27.4 Å². The molecule has 1 aliphatic heterocycles. The summed E-state index contributed by atoms with van der Waals surface area (Å²) >= 11 is 8.07. The Morgan fingerprint density at radius 2 is 1.67 bits per heavy atom. The van der Waals surface area contributed by atoms with Crippen LogP contribution in [0.4, 0.5) is 0 Å². The van der Waals surface area contributed by atoms with Crippen LogP contribution in [0.5, 0.6) is 5.75 Å². The molecule has 1 aromatic heterocycles. The second kappa shape index (κ2) is 8.90. The Hall–Kier alpha value is 0.460. The molecule has 11 heteroatoms. The first-order valence-electron chi connectivity index (χ1n) is 6.62. The molecule has 0 bridgehead atoms. The lowest BCUT2D eigenvalue weighted by molar-refractivity contribution is -2.00. The van der Waals surface area contributed by atoms with Gasteiger partial charge in [-0.3, -0.25) is 0 Å². The number of hydrogen-bond acceptors (Lipinski definition) is 7. The summed E-state index contributed by atoms with van der Waals surface area (Å²) in [7, 11) is -4.94. The quantitative estimate of drug-likeness (QED) is 0.334. The second-order valence-electron chi connectivity index (χ2n) is 4.82. The molecule has 0 atom stereocenters. The van der Waals surface area contributed by atoms with Crippen molar-refractivity contribution in [2.45, 2.75) is 12.8 Å². The Balaban J connectivity index is 0.000000368. The van der Waals surface area contributed by atoms with Gasteiger partial charge in [-0.15, -0.1) is 10.2 Å². The zero-order chi connectivity index (χ0) is 17.9. The lowest BCUT2D eigenvalue weighted by Gasteiger charge is -2.17. The molecular weight excluding hydrogens is 604 g/mol. The SMILES string of the molecule is Oc1c(I)cc(I)cc1-c1csc(=[N+]2CCCC2)s1.[O-][Cl+3]([O-])([O-])[O-]. The van der Waals surface area contributed by atoms with Crippen LogP contribution in [-0.2, 0) is 0 Å². The van der Waals surface area contributed by atoms with E-state index in [2.05, 4.69) is 61.2 Å². The molecule has 0 saturated carbocycles. The van der Waals surface area contributed by atoms with Crippen LogP contribution >= 0.6 is 67.9 Å². The van der Waals surface area contributed by atoms with Gasteiger partial charge in [0.25, 0.3) is 0 Å². The number of phenols is 1. The van der Waals surface area contributed by atoms with Crippen LogP contribution < -0.4 is 27.2 Å². The normalized spacial score (nSPS) is 14.5. The predicted octanol–water partition coefficient (Wildman–Crippen LogP) is -0.799. The monoisotopic (exact) mass is 615 g/mol. The molecular formula is C13H12ClI2NO5S2. The minimum Gasteiger partial charge on any atom is -0.506 e. The van der Waals surface area contributed by atoms with Gasteiger partial charge in [-0.2, -0.15) is 0 Å². The molecule has 2 aromatic rings. The Bertz CT molecular complexity index is 773. The van der Waals surface area contributed by atoms with Gasteiger partial charge in [0.05, 0.1) is 8.45 Å². The highest BCUT2D eigenvalue weighted by Crippen LogP contribution is 2.36. The molecule has 132 valence electrons. The molecule has 0 spiro atoms. The van der Waals surface area contributed by atoms with Crippen LogP contribution in [-0.4, -0.2) is 18.2 Å². The standard InChI is InChI=1S/C13H11I2NOS2.ClHO4/c14-8-5-9(12(17)10(15)6-8)11-7-18-13(19-11)16-3-1-2-4-16;2-1(3,4)5/h5-7H,1-4H2;(H,2,3,4,5). The van der Waals surface area contributed by atoms with Crippen molar-refractivity contribution in [2.75, 3.05) is 13.1 Å². The molecule has 0 radical (unpaired) electrons. The maximum atomic E-state index is 10.2. The van der Waals surface area contributed by atoms with Crippen molar-refractivity contribution in [3.8, 4) is 16.2 Å². The van der Waals surface area contributed by atoms with Crippen LogP contribution in [0.15, 0.2) is 17.5 Å². The summed E-state index contributed by atoms with van der Waals surface area (Å²) in [6.07, 6.45) is 2.60. The highest BCUT2D eigenvalue weighted by Gasteiger charge is 2.17. The van der Waals surface area contributed by atoms with E-state index < -0.39 is 10.2 Å². The average molecular weight is 616 g/mol. The smallest absolute Gasteiger partial charge is 0.314 e. The van der Waals surface area contributed by atoms with E-state index >= 15 is 0 Å². The highest BCUT2D eigenvalue weighted by atomic mass is 127. The summed E-state index contributed by atoms with van der Waals surface area (Å²) in [6, 6.07) is 4.06. The lowest BCUT2D eigenvalue weighted by atomic mass is 10.2. The van der Waals surface area contributed by atoms with Crippen molar-refractivity contribution >= 4 is 67.9 Å². The fourth-order valence-electron chi connectivity index (χ4n) is 2.16. The number of phenolic OH excluding ortho intramolecular Hbond substituents is 1. The number of hydrogen-bond donors (Lipinski definition) is 1. The van der Waals surface area contributed by atoms with Crippen molar-refractivity contribution < 1.29 is 34.0 Å². The maximum Gasteiger partial charge on any atom is 0.314 e. The Morgan fingerprint density at radius 3 is 2.25 bits per heavy atom. The zero-order valence-corrected chi connectivity index (χ0v) is 18.7.